The average Bonchev–Trinajstić information content (AvgIpc) is 3.05. The number of aromatic amines is 1. The summed E-state index contributed by atoms with van der Waals surface area (Å²) in [4.78, 5) is 18.1. The lowest BCUT2D eigenvalue weighted by Crippen LogP contribution is -2.11. The number of ether oxygens (including phenoxy) is 1. The zero-order valence-corrected chi connectivity index (χ0v) is 12.6. The predicted octanol–water partition coefficient (Wildman–Crippen LogP) is 2.64. The van der Waals surface area contributed by atoms with Crippen LogP contribution < -0.4 is 10.1 Å². The molecule has 0 fully saturated rings. The van der Waals surface area contributed by atoms with E-state index in [0.29, 0.717) is 4.88 Å². The van der Waals surface area contributed by atoms with Crippen LogP contribution in [0.1, 0.15) is 40.4 Å². The summed E-state index contributed by atoms with van der Waals surface area (Å²) in [6.45, 7) is 4.24. The quantitative estimate of drug-likeness (QED) is 0.858. The Balaban J connectivity index is 2.12. The van der Waals surface area contributed by atoms with E-state index in [9.17, 15) is 4.79 Å². The fourth-order valence-electron chi connectivity index (χ4n) is 1.88. The first-order valence-corrected chi connectivity index (χ1v) is 7.38. The number of anilines is 1. The highest BCUT2D eigenvalue weighted by molar-refractivity contribution is 7.14. The molecule has 0 atom stereocenters. The number of carbonyl (C=O) groups is 1. The van der Waals surface area contributed by atoms with Crippen LogP contribution in [0.15, 0.2) is 6.07 Å². The number of H-pyrrole nitrogens is 1. The van der Waals surface area contributed by atoms with Gasteiger partial charge in [0, 0.05) is 4.88 Å². The van der Waals surface area contributed by atoms with Crippen LogP contribution in [0.5, 0.6) is 6.01 Å². The van der Waals surface area contributed by atoms with E-state index in [1.54, 1.807) is 11.3 Å². The van der Waals surface area contributed by atoms with Crippen molar-refractivity contribution in [2.45, 2.75) is 33.1 Å². The van der Waals surface area contributed by atoms with E-state index in [1.807, 2.05) is 6.07 Å². The van der Waals surface area contributed by atoms with Gasteiger partial charge in [-0.2, -0.15) is 4.98 Å². The Labute approximate surface area is 121 Å². The van der Waals surface area contributed by atoms with Crippen molar-refractivity contribution in [3.05, 3.63) is 21.4 Å². The molecule has 0 spiro atoms. The first-order chi connectivity index (χ1) is 9.67. The maximum absolute atomic E-state index is 12.2. The van der Waals surface area contributed by atoms with Gasteiger partial charge in [0.25, 0.3) is 5.91 Å². The number of aromatic nitrogens is 3. The largest absolute Gasteiger partial charge is 0.466 e. The first kappa shape index (κ1) is 14.5. The highest BCUT2D eigenvalue weighted by atomic mass is 32.1. The lowest BCUT2D eigenvalue weighted by molar-refractivity contribution is 0.102. The van der Waals surface area contributed by atoms with Gasteiger partial charge in [-0.25, -0.2) is 5.10 Å². The minimum Gasteiger partial charge on any atom is -0.466 e. The molecule has 2 heterocycles. The summed E-state index contributed by atoms with van der Waals surface area (Å²) < 4.78 is 4.85. The van der Waals surface area contributed by atoms with Gasteiger partial charge in [0.05, 0.1) is 12.0 Å². The average molecular weight is 294 g/mol. The van der Waals surface area contributed by atoms with E-state index in [-0.39, 0.29) is 17.9 Å². The number of aryl methyl sites for hydroxylation is 2. The number of rotatable bonds is 6. The van der Waals surface area contributed by atoms with Crippen molar-refractivity contribution in [2.75, 3.05) is 12.4 Å². The maximum atomic E-state index is 12.2. The minimum atomic E-state index is -0.175. The van der Waals surface area contributed by atoms with Crippen molar-refractivity contribution in [2.24, 2.45) is 0 Å². The van der Waals surface area contributed by atoms with Gasteiger partial charge in [0.1, 0.15) is 0 Å². The molecule has 0 radical (unpaired) electrons. The molecule has 0 unspecified atom stereocenters. The van der Waals surface area contributed by atoms with Crippen LogP contribution >= 0.6 is 11.3 Å². The second kappa shape index (κ2) is 6.51. The fourth-order valence-corrected chi connectivity index (χ4v) is 3.13. The molecule has 0 aromatic carbocycles. The second-order valence-electron chi connectivity index (χ2n) is 4.29. The third-order valence-electron chi connectivity index (χ3n) is 2.86. The van der Waals surface area contributed by atoms with E-state index in [1.165, 1.54) is 17.6 Å². The Morgan fingerprint density at radius 3 is 2.90 bits per heavy atom. The monoisotopic (exact) mass is 294 g/mol. The van der Waals surface area contributed by atoms with Gasteiger partial charge in [-0.15, -0.1) is 16.4 Å². The molecule has 108 valence electrons. The number of hydrogen-bond donors (Lipinski definition) is 2. The van der Waals surface area contributed by atoms with Crippen LogP contribution in [-0.4, -0.2) is 28.2 Å². The second-order valence-corrected chi connectivity index (χ2v) is 5.42. The Morgan fingerprint density at radius 2 is 2.30 bits per heavy atom. The van der Waals surface area contributed by atoms with Gasteiger partial charge in [0.15, 0.2) is 0 Å². The van der Waals surface area contributed by atoms with Gasteiger partial charge in [-0.1, -0.05) is 20.3 Å². The van der Waals surface area contributed by atoms with E-state index in [2.05, 4.69) is 34.3 Å². The molecule has 0 aliphatic carbocycles. The van der Waals surface area contributed by atoms with Gasteiger partial charge in [-0.3, -0.25) is 10.1 Å². The number of hydrogen-bond acceptors (Lipinski definition) is 5. The number of nitrogens with one attached hydrogen (secondary N) is 2. The summed E-state index contributed by atoms with van der Waals surface area (Å²) in [5.41, 5.74) is 1.25. The predicted molar refractivity (Wildman–Crippen MR) is 78.6 cm³/mol. The fraction of sp³-hybridized carbons (Fsp3) is 0.462. The van der Waals surface area contributed by atoms with Crippen molar-refractivity contribution in [1.82, 2.24) is 15.2 Å². The van der Waals surface area contributed by atoms with Crippen molar-refractivity contribution in [3.63, 3.8) is 0 Å². The molecule has 2 aromatic heterocycles. The normalized spacial score (nSPS) is 10.6. The molecule has 1 amide bonds. The number of nitrogens with zero attached hydrogens (tertiary/aromatic N) is 2. The molecule has 2 N–H and O–H groups in total. The van der Waals surface area contributed by atoms with E-state index in [0.717, 1.165) is 19.3 Å². The Bertz CT molecular complexity index is 591. The lowest BCUT2D eigenvalue weighted by atomic mass is 10.1. The smallest absolute Gasteiger partial charge is 0.336 e. The molecule has 2 aromatic rings. The summed E-state index contributed by atoms with van der Waals surface area (Å²) in [6.07, 6.45) is 3.03. The Hall–Kier alpha value is -1.89. The molecular formula is C13H18N4O2S. The van der Waals surface area contributed by atoms with E-state index >= 15 is 0 Å². The summed E-state index contributed by atoms with van der Waals surface area (Å²) in [5, 5.41) is 9.07. The molecule has 7 heteroatoms. The lowest BCUT2D eigenvalue weighted by Gasteiger charge is -1.97. The standard InChI is InChI=1S/C13H18N4O2S/c1-4-6-9-8(5-2)7-10(20-9)11(18)14-12-15-13(19-3)17-16-12/h7H,4-6H2,1-3H3,(H2,14,15,16,17,18). The van der Waals surface area contributed by atoms with Crippen LogP contribution in [0.4, 0.5) is 5.95 Å². The highest BCUT2D eigenvalue weighted by Gasteiger charge is 2.15. The minimum absolute atomic E-state index is 0.175. The van der Waals surface area contributed by atoms with Crippen molar-refractivity contribution >= 4 is 23.2 Å². The number of methoxy groups -OCH3 is 1. The maximum Gasteiger partial charge on any atom is 0.336 e. The molecule has 2 rings (SSSR count). The summed E-state index contributed by atoms with van der Waals surface area (Å²) >= 11 is 1.54. The zero-order chi connectivity index (χ0) is 14.5. The zero-order valence-electron chi connectivity index (χ0n) is 11.8. The van der Waals surface area contributed by atoms with Gasteiger partial charge < -0.3 is 4.74 Å². The first-order valence-electron chi connectivity index (χ1n) is 6.57. The molecule has 0 aliphatic rings. The third-order valence-corrected chi connectivity index (χ3v) is 4.09. The number of thiophene rings is 1. The van der Waals surface area contributed by atoms with Gasteiger partial charge >= 0.3 is 6.01 Å². The van der Waals surface area contributed by atoms with Crippen molar-refractivity contribution in [3.8, 4) is 6.01 Å². The topological polar surface area (TPSA) is 79.9 Å². The van der Waals surface area contributed by atoms with E-state index in [4.69, 9.17) is 4.74 Å². The van der Waals surface area contributed by atoms with Crippen LogP contribution in [0.25, 0.3) is 0 Å². The van der Waals surface area contributed by atoms with Crippen molar-refractivity contribution in [1.29, 1.82) is 0 Å². The van der Waals surface area contributed by atoms with Crippen LogP contribution in [0.3, 0.4) is 0 Å². The third kappa shape index (κ3) is 3.16. The van der Waals surface area contributed by atoms with E-state index < -0.39 is 0 Å². The molecule has 0 bridgehead atoms. The molecule has 0 saturated carbocycles. The van der Waals surface area contributed by atoms with Crippen molar-refractivity contribution < 1.29 is 9.53 Å². The van der Waals surface area contributed by atoms with Crippen LogP contribution in [0.2, 0.25) is 0 Å². The van der Waals surface area contributed by atoms with Gasteiger partial charge in [0.2, 0.25) is 5.95 Å². The SMILES string of the molecule is CCCc1sc(C(=O)Nc2nc(OC)n[nH]2)cc1CC. The van der Waals surface area contributed by atoms with Gasteiger partial charge in [-0.05, 0) is 24.5 Å². The Morgan fingerprint density at radius 1 is 1.50 bits per heavy atom. The van der Waals surface area contributed by atoms with Crippen LogP contribution in [0, 0.1) is 0 Å². The van der Waals surface area contributed by atoms with Crippen LogP contribution in [-0.2, 0) is 12.8 Å². The summed E-state index contributed by atoms with van der Waals surface area (Å²) in [6, 6.07) is 2.16. The molecule has 0 aliphatic heterocycles. The molecule has 20 heavy (non-hydrogen) atoms. The summed E-state index contributed by atoms with van der Waals surface area (Å²) in [5.74, 6) is 0.112. The summed E-state index contributed by atoms with van der Waals surface area (Å²) in [7, 11) is 1.47. The highest BCUT2D eigenvalue weighted by Crippen LogP contribution is 2.25. The Kier molecular flexibility index (Phi) is 4.73. The number of amides is 1. The molecular weight excluding hydrogens is 276 g/mol. The number of carbonyl (C=O) groups excluding carboxylic acids is 1. The molecule has 0 saturated heterocycles. The molecule has 6 nitrogen and oxygen atoms in total.